The lowest BCUT2D eigenvalue weighted by molar-refractivity contribution is -0.146. The van der Waals surface area contributed by atoms with Crippen LogP contribution in [0.5, 0.6) is 0 Å². The van der Waals surface area contributed by atoms with Gasteiger partial charge in [0.2, 0.25) is 5.91 Å². The van der Waals surface area contributed by atoms with Gasteiger partial charge in [0.05, 0.1) is 6.61 Å². The van der Waals surface area contributed by atoms with E-state index in [1.165, 1.54) is 14.0 Å². The molecule has 0 saturated carbocycles. The van der Waals surface area contributed by atoms with Gasteiger partial charge in [-0.2, -0.15) is 0 Å². The summed E-state index contributed by atoms with van der Waals surface area (Å²) in [7, 11) is 1.52. The van der Waals surface area contributed by atoms with Crippen molar-refractivity contribution < 1.29 is 19.4 Å². The second kappa shape index (κ2) is 5.53. The molecule has 2 N–H and O–H groups in total. The van der Waals surface area contributed by atoms with Gasteiger partial charge in [-0.15, -0.1) is 0 Å². The molecule has 0 aromatic heterocycles. The molecule has 0 aliphatic carbocycles. The molecular formula is C8H15NO4. The zero-order valence-electron chi connectivity index (χ0n) is 8.03. The second-order valence-corrected chi connectivity index (χ2v) is 2.92. The summed E-state index contributed by atoms with van der Waals surface area (Å²) in [6, 6.07) is -0.167. The van der Waals surface area contributed by atoms with E-state index < -0.39 is 17.8 Å². The first-order chi connectivity index (χ1) is 5.99. The maximum atomic E-state index is 11.1. The van der Waals surface area contributed by atoms with Gasteiger partial charge in [-0.25, -0.2) is 0 Å². The molecular weight excluding hydrogens is 174 g/mol. The smallest absolute Gasteiger partial charge is 0.315 e. The summed E-state index contributed by atoms with van der Waals surface area (Å²) in [4.78, 5) is 21.5. The first-order valence-corrected chi connectivity index (χ1v) is 4.01. The Balaban J connectivity index is 3.92. The summed E-state index contributed by atoms with van der Waals surface area (Å²) in [5, 5.41) is 11.0. The number of ether oxygens (including phenoxy) is 1. The Bertz CT molecular complexity index is 193. The fourth-order valence-corrected chi connectivity index (χ4v) is 0.772. The number of carbonyl (C=O) groups is 2. The van der Waals surface area contributed by atoms with Crippen molar-refractivity contribution in [3.05, 3.63) is 0 Å². The SMILES string of the molecule is COCC(C)NC(=O)C(C)C(=O)O. The van der Waals surface area contributed by atoms with Gasteiger partial charge in [-0.3, -0.25) is 9.59 Å². The topological polar surface area (TPSA) is 75.6 Å². The van der Waals surface area contributed by atoms with Gasteiger partial charge in [0.25, 0.3) is 0 Å². The predicted molar refractivity (Wildman–Crippen MR) is 46.3 cm³/mol. The lowest BCUT2D eigenvalue weighted by atomic mass is 10.1. The molecule has 1 amide bonds. The van der Waals surface area contributed by atoms with Crippen LogP contribution in [0, 0.1) is 5.92 Å². The van der Waals surface area contributed by atoms with Crippen LogP contribution < -0.4 is 5.32 Å². The quantitative estimate of drug-likeness (QED) is 0.590. The zero-order valence-corrected chi connectivity index (χ0v) is 8.03. The molecule has 0 bridgehead atoms. The van der Waals surface area contributed by atoms with Crippen LogP contribution in [0.25, 0.3) is 0 Å². The van der Waals surface area contributed by atoms with E-state index in [1.54, 1.807) is 6.92 Å². The molecule has 0 saturated heterocycles. The molecule has 5 nitrogen and oxygen atoms in total. The second-order valence-electron chi connectivity index (χ2n) is 2.92. The summed E-state index contributed by atoms with van der Waals surface area (Å²) in [6.45, 7) is 3.46. The minimum atomic E-state index is -1.12. The molecule has 0 spiro atoms. The van der Waals surface area contributed by atoms with Gasteiger partial charge in [0.1, 0.15) is 5.92 Å². The molecule has 76 valence electrons. The first-order valence-electron chi connectivity index (χ1n) is 4.01. The molecule has 0 aromatic rings. The van der Waals surface area contributed by atoms with Gasteiger partial charge in [-0.05, 0) is 13.8 Å². The Morgan fingerprint density at radius 3 is 2.38 bits per heavy atom. The van der Waals surface area contributed by atoms with Crippen LogP contribution in [0.3, 0.4) is 0 Å². The molecule has 0 fully saturated rings. The van der Waals surface area contributed by atoms with Crippen LogP contribution in [-0.2, 0) is 14.3 Å². The summed E-state index contributed by atoms with van der Waals surface area (Å²) < 4.78 is 4.78. The molecule has 0 aromatic carbocycles. The average Bonchev–Trinajstić information content (AvgIpc) is 2.03. The number of nitrogens with one attached hydrogen (secondary N) is 1. The van der Waals surface area contributed by atoms with Crippen molar-refractivity contribution in [3.63, 3.8) is 0 Å². The zero-order chi connectivity index (χ0) is 10.4. The Morgan fingerprint density at radius 1 is 1.46 bits per heavy atom. The molecule has 0 aliphatic heterocycles. The van der Waals surface area contributed by atoms with Crippen LogP contribution in [-0.4, -0.2) is 36.7 Å². The molecule has 0 radical (unpaired) electrons. The van der Waals surface area contributed by atoms with Gasteiger partial charge in [0, 0.05) is 13.2 Å². The summed E-state index contributed by atoms with van der Waals surface area (Å²) >= 11 is 0. The van der Waals surface area contributed by atoms with E-state index >= 15 is 0 Å². The summed E-state index contributed by atoms with van der Waals surface area (Å²) in [5.74, 6) is -2.63. The number of methoxy groups -OCH3 is 1. The summed E-state index contributed by atoms with van der Waals surface area (Å²) in [6.07, 6.45) is 0. The third kappa shape index (κ3) is 4.47. The van der Waals surface area contributed by atoms with Crippen molar-refractivity contribution in [2.75, 3.05) is 13.7 Å². The Kier molecular flexibility index (Phi) is 5.06. The molecule has 13 heavy (non-hydrogen) atoms. The number of rotatable bonds is 5. The highest BCUT2D eigenvalue weighted by Crippen LogP contribution is 1.95. The molecule has 2 unspecified atom stereocenters. The third-order valence-corrected chi connectivity index (χ3v) is 1.57. The number of aliphatic carboxylic acids is 1. The van der Waals surface area contributed by atoms with Gasteiger partial charge < -0.3 is 15.2 Å². The van der Waals surface area contributed by atoms with Crippen molar-refractivity contribution in [2.24, 2.45) is 5.92 Å². The molecule has 0 rings (SSSR count). The number of hydrogen-bond acceptors (Lipinski definition) is 3. The minimum Gasteiger partial charge on any atom is -0.481 e. The van der Waals surface area contributed by atoms with Crippen LogP contribution in [0.1, 0.15) is 13.8 Å². The van der Waals surface area contributed by atoms with E-state index in [9.17, 15) is 9.59 Å². The van der Waals surface area contributed by atoms with Crippen molar-refractivity contribution in [1.82, 2.24) is 5.32 Å². The van der Waals surface area contributed by atoms with Crippen molar-refractivity contribution in [2.45, 2.75) is 19.9 Å². The van der Waals surface area contributed by atoms with Gasteiger partial charge in [0.15, 0.2) is 0 Å². The number of hydrogen-bond donors (Lipinski definition) is 2. The molecule has 0 aliphatic rings. The predicted octanol–water partition coefficient (Wildman–Crippen LogP) is -0.142. The van der Waals surface area contributed by atoms with E-state index in [1.807, 2.05) is 0 Å². The molecule has 5 heteroatoms. The molecule has 2 atom stereocenters. The van der Waals surface area contributed by atoms with Crippen LogP contribution >= 0.6 is 0 Å². The molecule has 0 heterocycles. The Morgan fingerprint density at radius 2 is 2.00 bits per heavy atom. The highest BCUT2D eigenvalue weighted by Gasteiger charge is 2.21. The lowest BCUT2D eigenvalue weighted by Gasteiger charge is -2.14. The van der Waals surface area contributed by atoms with E-state index in [0.29, 0.717) is 6.61 Å². The Labute approximate surface area is 77.1 Å². The number of carboxylic acids is 1. The van der Waals surface area contributed by atoms with Crippen molar-refractivity contribution in [3.8, 4) is 0 Å². The number of carboxylic acid groups (broad SMARTS) is 1. The van der Waals surface area contributed by atoms with Crippen LogP contribution in [0.4, 0.5) is 0 Å². The third-order valence-electron chi connectivity index (χ3n) is 1.57. The largest absolute Gasteiger partial charge is 0.481 e. The van der Waals surface area contributed by atoms with Gasteiger partial charge >= 0.3 is 5.97 Å². The van der Waals surface area contributed by atoms with E-state index in [0.717, 1.165) is 0 Å². The monoisotopic (exact) mass is 189 g/mol. The van der Waals surface area contributed by atoms with Crippen LogP contribution in [0.2, 0.25) is 0 Å². The standard InChI is InChI=1S/C8H15NO4/c1-5(4-13-3)9-7(10)6(2)8(11)12/h5-6H,4H2,1-3H3,(H,9,10)(H,11,12). The average molecular weight is 189 g/mol. The normalized spacial score (nSPS) is 14.7. The highest BCUT2D eigenvalue weighted by atomic mass is 16.5. The van der Waals surface area contributed by atoms with Gasteiger partial charge in [-0.1, -0.05) is 0 Å². The Hall–Kier alpha value is -1.10. The summed E-state index contributed by atoms with van der Waals surface area (Å²) in [5.41, 5.74) is 0. The fourth-order valence-electron chi connectivity index (χ4n) is 0.772. The number of amides is 1. The van der Waals surface area contributed by atoms with E-state index in [2.05, 4.69) is 5.32 Å². The number of carbonyl (C=O) groups excluding carboxylic acids is 1. The van der Waals surface area contributed by atoms with Crippen LogP contribution in [0.15, 0.2) is 0 Å². The van der Waals surface area contributed by atoms with Crippen molar-refractivity contribution >= 4 is 11.9 Å². The van der Waals surface area contributed by atoms with E-state index in [-0.39, 0.29) is 6.04 Å². The van der Waals surface area contributed by atoms with E-state index in [4.69, 9.17) is 9.84 Å². The lowest BCUT2D eigenvalue weighted by Crippen LogP contribution is -2.41. The first kappa shape index (κ1) is 11.9. The van der Waals surface area contributed by atoms with Crippen molar-refractivity contribution in [1.29, 1.82) is 0 Å². The highest BCUT2D eigenvalue weighted by molar-refractivity contribution is 5.96. The maximum absolute atomic E-state index is 11.1. The minimum absolute atomic E-state index is 0.167. The fraction of sp³-hybridized carbons (Fsp3) is 0.750. The maximum Gasteiger partial charge on any atom is 0.315 e.